The maximum atomic E-state index is 11.1. The molecule has 4 aromatic heterocycles. The van der Waals surface area contributed by atoms with E-state index in [2.05, 4.69) is 85.7 Å². The number of carbonyl (C=O) groups excluding carboxylic acids is 2. The molecule has 0 fully saturated rings. The minimum Gasteiger partial charge on any atom is -0.507 e. The average Bonchev–Trinajstić information content (AvgIpc) is 4.25. The van der Waals surface area contributed by atoms with Crippen LogP contribution in [0.25, 0.3) is 10.2 Å². The van der Waals surface area contributed by atoms with Crippen molar-refractivity contribution in [2.75, 3.05) is 22.0 Å². The number of fused-ring (bicyclic) bond motifs is 1. The van der Waals surface area contributed by atoms with Gasteiger partial charge in [0.05, 0.1) is 59.9 Å². The number of halogens is 4. The molecule has 5 aromatic carbocycles. The van der Waals surface area contributed by atoms with Crippen molar-refractivity contribution in [2.45, 2.75) is 25.1 Å². The number of anilines is 2. The van der Waals surface area contributed by atoms with Gasteiger partial charge in [-0.2, -0.15) is 4.37 Å². The number of azo groups is 4. The number of phenols is 4. The molecule has 0 atom stereocenters. The second-order valence-corrected chi connectivity index (χ2v) is 23.5. The predicted molar refractivity (Wildman–Crippen MR) is 311 cm³/mol. The minimum atomic E-state index is -3.44. The molecule has 414 valence electrons. The summed E-state index contributed by atoms with van der Waals surface area (Å²) in [6, 6.07) is 21.2. The van der Waals surface area contributed by atoms with Crippen molar-refractivity contribution in [3.05, 3.63) is 116 Å². The van der Waals surface area contributed by atoms with Crippen LogP contribution in [0.1, 0.15) is 30.0 Å². The van der Waals surface area contributed by atoms with E-state index in [0.717, 1.165) is 37.9 Å². The maximum Gasteiger partial charge on any atom is 0.253 e. The lowest BCUT2D eigenvalue weighted by Crippen LogP contribution is -2.10. The summed E-state index contributed by atoms with van der Waals surface area (Å²) in [5, 5.41) is 89.6. The second kappa shape index (κ2) is 29.1. The van der Waals surface area contributed by atoms with Gasteiger partial charge in [-0.1, -0.05) is 99.1 Å². The van der Waals surface area contributed by atoms with Crippen molar-refractivity contribution < 1.29 is 38.4 Å². The fourth-order valence-electron chi connectivity index (χ4n) is 5.35. The number of hydrogen-bond acceptors (Lipinski definition) is 28. The normalized spacial score (nSPS) is 11.3. The summed E-state index contributed by atoms with van der Waals surface area (Å²) in [6.07, 6.45) is 0.996. The van der Waals surface area contributed by atoms with Gasteiger partial charge in [-0.25, -0.2) is 18.4 Å². The van der Waals surface area contributed by atoms with Crippen molar-refractivity contribution in [1.29, 1.82) is 0 Å². The molecule has 26 nitrogen and oxygen atoms in total. The third-order valence-corrected chi connectivity index (χ3v) is 14.7. The topological polar surface area (TPSA) is 388 Å². The number of primary amides is 1. The molecule has 4 heterocycles. The third kappa shape index (κ3) is 19.7. The predicted octanol–water partition coefficient (Wildman–Crippen LogP) is 14.9. The molecule has 0 bridgehead atoms. The van der Waals surface area contributed by atoms with Crippen molar-refractivity contribution in [3.63, 3.8) is 0 Å². The Morgan fingerprint density at radius 1 is 0.650 bits per heavy atom. The maximum absolute atomic E-state index is 11.1. The van der Waals surface area contributed by atoms with Crippen LogP contribution in [-0.4, -0.2) is 87.4 Å². The van der Waals surface area contributed by atoms with E-state index < -0.39 is 15.9 Å². The Morgan fingerprint density at radius 2 is 1.26 bits per heavy atom. The van der Waals surface area contributed by atoms with E-state index in [9.17, 15) is 38.4 Å². The summed E-state index contributed by atoms with van der Waals surface area (Å²) in [5.74, 6) is 0.146. The van der Waals surface area contributed by atoms with Crippen LogP contribution >= 0.6 is 104 Å². The lowest BCUT2D eigenvalue weighted by atomic mass is 10.2. The first kappa shape index (κ1) is 61.7. The number of phenolic OH excluding ortho intramolecular Hbond substituents is 3. The molecule has 0 radical (unpaired) electrons. The summed E-state index contributed by atoms with van der Waals surface area (Å²) >= 11 is 29.8. The first-order chi connectivity index (χ1) is 38.0. The first-order valence-electron chi connectivity index (χ1n) is 21.7. The fourth-order valence-corrected chi connectivity index (χ4v) is 10.4. The van der Waals surface area contributed by atoms with Gasteiger partial charge in [0.2, 0.25) is 31.3 Å². The third-order valence-electron chi connectivity index (χ3n) is 8.69. The SMILES string of the molecule is CC(=O)Nc1cc(N=Nc2nnc(NS(C)(=O)=O)s2)ccc1O.CCSc1nnc(N=Nc2ccc(O)c(C(N)=O)c2)s1.Cc1nsc(N=Nc2ccc(O)c(Cl)c2)n1.Oc1cc(Cl)c(N=Nc2nc3ccc(Cl)cc3s2)cc1Cl. The number of sulfonamides is 1. The van der Waals surface area contributed by atoms with Gasteiger partial charge in [0.15, 0.2) is 4.34 Å². The monoisotopic (exact) mass is 1280 g/mol. The highest BCUT2D eigenvalue weighted by Gasteiger charge is 2.12. The van der Waals surface area contributed by atoms with Gasteiger partial charge >= 0.3 is 0 Å². The summed E-state index contributed by atoms with van der Waals surface area (Å²) < 4.78 is 30.0. The highest BCUT2D eigenvalue weighted by atomic mass is 35.5. The quantitative estimate of drug-likeness (QED) is 0.0302. The molecular weight excluding hydrogens is 1240 g/mol. The Kier molecular flexibility index (Phi) is 22.4. The van der Waals surface area contributed by atoms with Crippen molar-refractivity contribution >= 4 is 190 Å². The Hall–Kier alpha value is -7.53. The number of nitrogens with one attached hydrogen (secondary N) is 2. The number of nitrogens with zero attached hydrogens (tertiary/aromatic N) is 15. The zero-order valence-corrected chi connectivity index (χ0v) is 48.9. The Balaban J connectivity index is 0.000000173. The molecule has 0 saturated heterocycles. The van der Waals surface area contributed by atoms with Crippen LogP contribution in [0.3, 0.4) is 0 Å². The van der Waals surface area contributed by atoms with Crippen LogP contribution < -0.4 is 15.8 Å². The van der Waals surface area contributed by atoms with Crippen molar-refractivity contribution in [1.82, 2.24) is 34.7 Å². The van der Waals surface area contributed by atoms with E-state index in [1.165, 1.54) is 102 Å². The number of nitrogens with two attached hydrogens (primary N) is 1. The average molecular weight is 1280 g/mol. The number of rotatable bonds is 14. The minimum absolute atomic E-state index is 0.000872. The van der Waals surface area contributed by atoms with Crippen LogP contribution in [0.15, 0.2) is 130 Å². The van der Waals surface area contributed by atoms with E-state index in [0.29, 0.717) is 49.0 Å². The van der Waals surface area contributed by atoms with Crippen molar-refractivity contribution in [2.24, 2.45) is 46.6 Å². The molecule has 0 aliphatic rings. The zero-order chi connectivity index (χ0) is 58.1. The van der Waals surface area contributed by atoms with Gasteiger partial charge in [0.25, 0.3) is 16.2 Å². The van der Waals surface area contributed by atoms with Crippen molar-refractivity contribution in [3.8, 4) is 23.0 Å². The molecule has 9 aromatic rings. The number of thiazole rings is 1. The number of aromatic hydroxyl groups is 4. The van der Waals surface area contributed by atoms with E-state index in [-0.39, 0.29) is 65.5 Å². The van der Waals surface area contributed by atoms with Gasteiger partial charge in [0, 0.05) is 29.5 Å². The summed E-state index contributed by atoms with van der Waals surface area (Å²) in [6.45, 7) is 5.12. The van der Waals surface area contributed by atoms with E-state index in [1.807, 2.05) is 19.1 Å². The van der Waals surface area contributed by atoms with Crippen LogP contribution in [0.4, 0.5) is 54.1 Å². The number of aryl methyl sites for hydroxylation is 1. The summed E-state index contributed by atoms with van der Waals surface area (Å²) in [5.41, 5.74) is 7.80. The fraction of sp³-hybridized carbons (Fsp3) is 0.114. The standard InChI is InChI=1S/C13H6Cl3N3OS.C11H12N6O4S2.C11H11N5O2S2.C9H7ClN4OS/c14-6-1-2-9-12(3-6)21-13(17-9)19-18-10-4-8(16)11(20)5-7(10)15;1-6(18)12-8-5-7(3-4-9(8)19)13-14-10-15-16-11(22-10)17-23(2,20)21;1-2-19-11-16-15-10(20-11)14-13-6-3-4-8(17)7(5-6)9(12)18;1-5-11-9(16-14-5)13-12-6-2-3-8(15)7(10)4-6/h1-5,20H;3-5,19H,1-2H3,(H,12,18)(H,16,17);3-5,17H,2H2,1H3,(H2,12,18);2-4,15H,1H3. The Morgan fingerprint density at radius 3 is 1.90 bits per heavy atom. The number of thioether (sulfide) groups is 1. The van der Waals surface area contributed by atoms with Gasteiger partial charge in [-0.15, -0.1) is 61.3 Å². The number of benzene rings is 5. The van der Waals surface area contributed by atoms with Crippen LogP contribution in [0.5, 0.6) is 23.0 Å². The molecule has 8 N–H and O–H groups in total. The van der Waals surface area contributed by atoms with Gasteiger partial charge in [0.1, 0.15) is 34.5 Å². The molecule has 0 spiro atoms. The Labute approximate surface area is 492 Å². The highest BCUT2D eigenvalue weighted by Crippen LogP contribution is 2.38. The van der Waals surface area contributed by atoms with Crippen LogP contribution in [0.2, 0.25) is 20.1 Å². The summed E-state index contributed by atoms with van der Waals surface area (Å²) in [7, 11) is -3.44. The van der Waals surface area contributed by atoms with Crippen LogP contribution in [0, 0.1) is 6.92 Å². The molecular formula is C44H36Cl4N18O8S6. The molecule has 0 aliphatic heterocycles. The molecule has 80 heavy (non-hydrogen) atoms. The van der Waals surface area contributed by atoms with Crippen LogP contribution in [-0.2, 0) is 14.8 Å². The van der Waals surface area contributed by atoms with E-state index in [4.69, 9.17) is 52.1 Å². The second-order valence-electron chi connectivity index (χ2n) is 14.9. The highest BCUT2D eigenvalue weighted by molar-refractivity contribution is 8.01. The largest absolute Gasteiger partial charge is 0.507 e. The number of aromatic nitrogens is 7. The number of hydrogen-bond donors (Lipinski definition) is 7. The number of carbonyl (C=O) groups is 2. The summed E-state index contributed by atoms with van der Waals surface area (Å²) in [4.78, 5) is 30.5. The molecule has 36 heteroatoms. The van der Waals surface area contributed by atoms with Gasteiger partial charge < -0.3 is 31.5 Å². The lowest BCUT2D eigenvalue weighted by molar-refractivity contribution is -0.114. The molecule has 2 amide bonds. The number of amides is 2. The smallest absolute Gasteiger partial charge is 0.253 e. The van der Waals surface area contributed by atoms with Gasteiger partial charge in [-0.05, 0) is 91.5 Å². The molecule has 9 rings (SSSR count). The molecule has 0 unspecified atom stereocenters. The van der Waals surface area contributed by atoms with E-state index >= 15 is 0 Å². The lowest BCUT2D eigenvalue weighted by Gasteiger charge is -2.04. The Bertz CT molecular complexity index is 3920. The first-order valence-corrected chi connectivity index (χ1v) is 29.3. The molecule has 0 saturated carbocycles. The zero-order valence-electron chi connectivity index (χ0n) is 41.0. The molecule has 0 aliphatic carbocycles. The van der Waals surface area contributed by atoms with Gasteiger partial charge in [-0.3, -0.25) is 14.3 Å². The van der Waals surface area contributed by atoms with E-state index in [1.54, 1.807) is 30.8 Å².